The van der Waals surface area contributed by atoms with E-state index in [4.69, 9.17) is 15.2 Å². The number of likely N-dealkylation sites (N-methyl/N-ethyl adjacent to an activating group) is 1. The van der Waals surface area contributed by atoms with Crippen LogP contribution in [0.2, 0.25) is 0 Å². The Bertz CT molecular complexity index is 318. The van der Waals surface area contributed by atoms with Gasteiger partial charge in [0.1, 0.15) is 0 Å². The second-order valence-electron chi connectivity index (χ2n) is 6.48. The molecule has 3 atom stereocenters. The molecule has 19 heavy (non-hydrogen) atoms. The van der Waals surface area contributed by atoms with Gasteiger partial charge in [-0.25, -0.2) is 0 Å². The molecule has 3 rings (SSSR count). The summed E-state index contributed by atoms with van der Waals surface area (Å²) in [6, 6.07) is 1.34. The smallest absolute Gasteiger partial charge is 0.170 e. The zero-order valence-corrected chi connectivity index (χ0v) is 12.2. The van der Waals surface area contributed by atoms with E-state index in [1.165, 1.54) is 6.42 Å². The van der Waals surface area contributed by atoms with Crippen molar-refractivity contribution in [3.63, 3.8) is 0 Å². The molecule has 2 heterocycles. The van der Waals surface area contributed by atoms with Crippen molar-refractivity contribution in [1.29, 1.82) is 0 Å². The quantitative estimate of drug-likeness (QED) is 0.778. The maximum absolute atomic E-state index is 6.36. The molecule has 110 valence electrons. The highest BCUT2D eigenvalue weighted by molar-refractivity contribution is 4.98. The summed E-state index contributed by atoms with van der Waals surface area (Å²) in [5.41, 5.74) is 6.36. The van der Waals surface area contributed by atoms with Gasteiger partial charge in [0.2, 0.25) is 0 Å². The molecule has 3 fully saturated rings. The maximum atomic E-state index is 6.36. The standard InChI is InChI=1S/C14H27N3O2/c1-16(2)11-4-6-17(10-11)13-9-14(5-3-12(13)15)18-7-8-19-14/h11-13H,3-10,15H2,1-2H3. The Hall–Kier alpha value is -0.200. The topological polar surface area (TPSA) is 51.0 Å². The van der Waals surface area contributed by atoms with Gasteiger partial charge in [0, 0.05) is 44.1 Å². The van der Waals surface area contributed by atoms with Crippen LogP contribution in [-0.2, 0) is 9.47 Å². The monoisotopic (exact) mass is 269 g/mol. The van der Waals surface area contributed by atoms with E-state index in [0.717, 1.165) is 45.6 Å². The molecular weight excluding hydrogens is 242 g/mol. The third kappa shape index (κ3) is 2.67. The second kappa shape index (κ2) is 5.30. The summed E-state index contributed by atoms with van der Waals surface area (Å²) >= 11 is 0. The lowest BCUT2D eigenvalue weighted by molar-refractivity contribution is -0.191. The van der Waals surface area contributed by atoms with Crippen LogP contribution in [-0.4, -0.2) is 74.1 Å². The molecule has 2 aliphatic heterocycles. The fraction of sp³-hybridized carbons (Fsp3) is 1.00. The number of nitrogens with two attached hydrogens (primary N) is 1. The Morgan fingerprint density at radius 3 is 2.58 bits per heavy atom. The third-order valence-electron chi connectivity index (χ3n) is 5.08. The summed E-state index contributed by atoms with van der Waals surface area (Å²) < 4.78 is 11.8. The van der Waals surface area contributed by atoms with Crippen LogP contribution in [0.4, 0.5) is 0 Å². The molecule has 0 amide bonds. The van der Waals surface area contributed by atoms with Crippen LogP contribution in [0.15, 0.2) is 0 Å². The van der Waals surface area contributed by atoms with Crippen molar-refractivity contribution < 1.29 is 9.47 Å². The Balaban J connectivity index is 1.65. The van der Waals surface area contributed by atoms with Gasteiger partial charge in [-0.15, -0.1) is 0 Å². The number of likely N-dealkylation sites (tertiary alicyclic amines) is 1. The lowest BCUT2D eigenvalue weighted by Gasteiger charge is -2.43. The summed E-state index contributed by atoms with van der Waals surface area (Å²) in [4.78, 5) is 4.88. The minimum absolute atomic E-state index is 0.263. The van der Waals surface area contributed by atoms with Crippen molar-refractivity contribution >= 4 is 0 Å². The number of nitrogens with zero attached hydrogens (tertiary/aromatic N) is 2. The normalized spacial score (nSPS) is 39.5. The van der Waals surface area contributed by atoms with Crippen LogP contribution in [0.25, 0.3) is 0 Å². The third-order valence-corrected chi connectivity index (χ3v) is 5.08. The van der Waals surface area contributed by atoms with Crippen LogP contribution in [0.3, 0.4) is 0 Å². The highest BCUT2D eigenvalue weighted by Gasteiger charge is 2.46. The fourth-order valence-corrected chi connectivity index (χ4v) is 3.80. The lowest BCUT2D eigenvalue weighted by atomic mass is 9.85. The van der Waals surface area contributed by atoms with E-state index in [2.05, 4.69) is 23.9 Å². The largest absolute Gasteiger partial charge is 0.347 e. The van der Waals surface area contributed by atoms with Crippen molar-refractivity contribution in [2.24, 2.45) is 5.73 Å². The molecule has 3 aliphatic rings. The maximum Gasteiger partial charge on any atom is 0.170 e. The zero-order valence-electron chi connectivity index (χ0n) is 12.2. The molecule has 3 unspecified atom stereocenters. The summed E-state index contributed by atoms with van der Waals surface area (Å²) in [5.74, 6) is -0.323. The molecule has 2 saturated heterocycles. The number of hydrogen-bond donors (Lipinski definition) is 1. The van der Waals surface area contributed by atoms with Gasteiger partial charge in [-0.3, -0.25) is 4.90 Å². The SMILES string of the molecule is CN(C)C1CCN(C2CC3(CCC2N)OCCO3)C1. The van der Waals surface area contributed by atoms with Gasteiger partial charge in [-0.1, -0.05) is 0 Å². The molecule has 0 aromatic rings. The zero-order chi connectivity index (χ0) is 13.5. The number of ether oxygens (including phenoxy) is 2. The van der Waals surface area contributed by atoms with Crippen LogP contribution in [0, 0.1) is 0 Å². The highest BCUT2D eigenvalue weighted by atomic mass is 16.7. The van der Waals surface area contributed by atoms with Crippen molar-refractivity contribution in [2.45, 2.75) is 49.6 Å². The van der Waals surface area contributed by atoms with Gasteiger partial charge in [0.25, 0.3) is 0 Å². The summed E-state index contributed by atoms with van der Waals surface area (Å²) in [5, 5.41) is 0. The van der Waals surface area contributed by atoms with Crippen molar-refractivity contribution in [2.75, 3.05) is 40.4 Å². The first kappa shape index (κ1) is 13.8. The second-order valence-corrected chi connectivity index (χ2v) is 6.48. The van der Waals surface area contributed by atoms with Gasteiger partial charge in [0.05, 0.1) is 13.2 Å². The molecule has 5 nitrogen and oxygen atoms in total. The average molecular weight is 269 g/mol. The predicted octanol–water partition coefficient (Wildman–Crippen LogP) is 0.245. The first-order valence-electron chi connectivity index (χ1n) is 7.54. The molecule has 0 radical (unpaired) electrons. The Kier molecular flexibility index (Phi) is 3.84. The van der Waals surface area contributed by atoms with Gasteiger partial charge in [0.15, 0.2) is 5.79 Å². The van der Waals surface area contributed by atoms with Crippen molar-refractivity contribution in [3.05, 3.63) is 0 Å². The number of hydrogen-bond acceptors (Lipinski definition) is 5. The van der Waals surface area contributed by atoms with Gasteiger partial charge >= 0.3 is 0 Å². The Morgan fingerprint density at radius 2 is 1.95 bits per heavy atom. The first-order chi connectivity index (χ1) is 9.10. The van der Waals surface area contributed by atoms with E-state index in [1.807, 2.05) is 0 Å². The van der Waals surface area contributed by atoms with E-state index < -0.39 is 0 Å². The molecule has 0 aromatic heterocycles. The minimum Gasteiger partial charge on any atom is -0.347 e. The number of rotatable bonds is 2. The van der Waals surface area contributed by atoms with Gasteiger partial charge in [-0.2, -0.15) is 0 Å². The van der Waals surface area contributed by atoms with Crippen LogP contribution in [0.1, 0.15) is 25.7 Å². The predicted molar refractivity (Wildman–Crippen MR) is 73.9 cm³/mol. The molecule has 1 spiro atoms. The van der Waals surface area contributed by atoms with Gasteiger partial charge in [-0.05, 0) is 26.9 Å². The van der Waals surface area contributed by atoms with E-state index in [1.54, 1.807) is 0 Å². The molecule has 0 aromatic carbocycles. The van der Waals surface area contributed by atoms with E-state index in [-0.39, 0.29) is 11.8 Å². The molecule has 0 bridgehead atoms. The van der Waals surface area contributed by atoms with Crippen molar-refractivity contribution in [1.82, 2.24) is 9.80 Å². The Morgan fingerprint density at radius 1 is 1.21 bits per heavy atom. The molecular formula is C14H27N3O2. The summed E-state index contributed by atoms with van der Waals surface area (Å²) in [6.07, 6.45) is 4.14. The summed E-state index contributed by atoms with van der Waals surface area (Å²) in [7, 11) is 4.33. The van der Waals surface area contributed by atoms with E-state index >= 15 is 0 Å². The van der Waals surface area contributed by atoms with Crippen LogP contribution >= 0.6 is 0 Å². The van der Waals surface area contributed by atoms with E-state index in [0.29, 0.717) is 12.1 Å². The van der Waals surface area contributed by atoms with Crippen molar-refractivity contribution in [3.8, 4) is 0 Å². The lowest BCUT2D eigenvalue weighted by Crippen LogP contribution is -2.56. The van der Waals surface area contributed by atoms with Crippen LogP contribution < -0.4 is 5.73 Å². The van der Waals surface area contributed by atoms with E-state index in [9.17, 15) is 0 Å². The molecule has 1 aliphatic carbocycles. The molecule has 2 N–H and O–H groups in total. The summed E-state index contributed by atoms with van der Waals surface area (Å²) in [6.45, 7) is 3.75. The highest BCUT2D eigenvalue weighted by Crippen LogP contribution is 2.38. The first-order valence-corrected chi connectivity index (χ1v) is 7.54. The molecule has 1 saturated carbocycles. The average Bonchev–Trinajstić information content (AvgIpc) is 3.03. The van der Waals surface area contributed by atoms with Crippen LogP contribution in [0.5, 0.6) is 0 Å². The minimum atomic E-state index is -0.323. The fourth-order valence-electron chi connectivity index (χ4n) is 3.80. The molecule has 5 heteroatoms. The Labute approximate surface area is 116 Å². The van der Waals surface area contributed by atoms with Gasteiger partial charge < -0.3 is 20.1 Å².